The van der Waals surface area contributed by atoms with Crippen LogP contribution < -0.4 is 4.72 Å². The molecule has 8 nitrogen and oxygen atoms in total. The Bertz CT molecular complexity index is 611. The molecule has 0 saturated carbocycles. The standard InChI is InChI=1S/C12H16N2O6S/c1-3-20-12(15)9(2)13-21(18,19)8-10-4-6-11(7-5-10)14(16)17/h4-7,9,13H,3,8H2,1-2H3. The molecule has 21 heavy (non-hydrogen) atoms. The smallest absolute Gasteiger partial charge is 0.323 e. The Morgan fingerprint density at radius 2 is 1.95 bits per heavy atom. The second-order valence-electron chi connectivity index (χ2n) is 4.27. The highest BCUT2D eigenvalue weighted by atomic mass is 32.2. The van der Waals surface area contributed by atoms with Crippen molar-refractivity contribution in [1.29, 1.82) is 0 Å². The van der Waals surface area contributed by atoms with Gasteiger partial charge in [-0.2, -0.15) is 0 Å². The Morgan fingerprint density at radius 1 is 1.38 bits per heavy atom. The van der Waals surface area contributed by atoms with Crippen LogP contribution in [0.1, 0.15) is 19.4 Å². The zero-order chi connectivity index (χ0) is 16.0. The van der Waals surface area contributed by atoms with Crippen molar-refractivity contribution in [2.45, 2.75) is 25.6 Å². The second-order valence-corrected chi connectivity index (χ2v) is 6.03. The third-order valence-corrected chi connectivity index (χ3v) is 3.93. The van der Waals surface area contributed by atoms with Crippen molar-refractivity contribution in [2.75, 3.05) is 6.61 Å². The molecule has 1 aromatic rings. The van der Waals surface area contributed by atoms with E-state index in [1.807, 2.05) is 0 Å². The first-order valence-corrected chi connectivity index (χ1v) is 7.80. The minimum absolute atomic E-state index is 0.121. The van der Waals surface area contributed by atoms with Crippen LogP contribution >= 0.6 is 0 Å². The number of nitro benzene ring substituents is 1. The summed E-state index contributed by atoms with van der Waals surface area (Å²) in [5.74, 6) is -1.04. The van der Waals surface area contributed by atoms with Crippen molar-refractivity contribution in [2.24, 2.45) is 0 Å². The number of ether oxygens (including phenoxy) is 1. The molecule has 1 rings (SSSR count). The maximum atomic E-state index is 11.9. The summed E-state index contributed by atoms with van der Waals surface area (Å²) in [6.45, 7) is 3.16. The lowest BCUT2D eigenvalue weighted by Gasteiger charge is -2.13. The fourth-order valence-electron chi connectivity index (χ4n) is 1.56. The molecule has 1 aromatic carbocycles. The molecule has 9 heteroatoms. The topological polar surface area (TPSA) is 116 Å². The van der Waals surface area contributed by atoms with Gasteiger partial charge in [0.25, 0.3) is 5.69 Å². The van der Waals surface area contributed by atoms with E-state index in [1.54, 1.807) is 6.92 Å². The van der Waals surface area contributed by atoms with Gasteiger partial charge in [0.05, 0.1) is 17.3 Å². The lowest BCUT2D eigenvalue weighted by molar-refractivity contribution is -0.384. The average molecular weight is 316 g/mol. The van der Waals surface area contributed by atoms with Gasteiger partial charge in [0, 0.05) is 12.1 Å². The van der Waals surface area contributed by atoms with Crippen LogP contribution in [0.3, 0.4) is 0 Å². The van der Waals surface area contributed by atoms with Crippen LogP contribution in [0.25, 0.3) is 0 Å². The van der Waals surface area contributed by atoms with E-state index in [0.29, 0.717) is 5.56 Å². The van der Waals surface area contributed by atoms with Gasteiger partial charge in [0.2, 0.25) is 10.0 Å². The number of nitro groups is 1. The third-order valence-electron chi connectivity index (χ3n) is 2.50. The number of nitrogens with zero attached hydrogens (tertiary/aromatic N) is 1. The molecule has 0 aliphatic carbocycles. The summed E-state index contributed by atoms with van der Waals surface area (Å²) < 4.78 is 30.7. The lowest BCUT2D eigenvalue weighted by Crippen LogP contribution is -2.40. The molecule has 0 amide bonds. The summed E-state index contributed by atoms with van der Waals surface area (Å²) in [4.78, 5) is 21.3. The van der Waals surface area contributed by atoms with E-state index in [0.717, 1.165) is 0 Å². The van der Waals surface area contributed by atoms with Gasteiger partial charge in [-0.15, -0.1) is 0 Å². The molecule has 1 atom stereocenters. The molecule has 1 N–H and O–H groups in total. The Hall–Kier alpha value is -2.00. The predicted octanol–water partition coefficient (Wildman–Crippen LogP) is 0.966. The number of esters is 1. The average Bonchev–Trinajstić information content (AvgIpc) is 2.38. The Morgan fingerprint density at radius 3 is 2.43 bits per heavy atom. The largest absolute Gasteiger partial charge is 0.465 e. The summed E-state index contributed by atoms with van der Waals surface area (Å²) in [6.07, 6.45) is 0. The zero-order valence-corrected chi connectivity index (χ0v) is 12.4. The first kappa shape index (κ1) is 17.1. The number of hydrogen-bond donors (Lipinski definition) is 1. The fourth-order valence-corrected chi connectivity index (χ4v) is 2.91. The number of sulfonamides is 1. The van der Waals surface area contributed by atoms with Gasteiger partial charge >= 0.3 is 5.97 Å². The summed E-state index contributed by atoms with van der Waals surface area (Å²) in [7, 11) is -3.75. The molecule has 1 unspecified atom stereocenters. The molecule has 0 aliphatic heterocycles. The molecule has 0 heterocycles. The van der Waals surface area contributed by atoms with Crippen LogP contribution in [0.15, 0.2) is 24.3 Å². The summed E-state index contributed by atoms with van der Waals surface area (Å²) in [5, 5.41) is 10.5. The third kappa shape index (κ3) is 5.48. The van der Waals surface area contributed by atoms with Crippen molar-refractivity contribution >= 4 is 21.7 Å². The molecular weight excluding hydrogens is 300 g/mol. The number of nitrogens with one attached hydrogen (secondary N) is 1. The highest BCUT2D eigenvalue weighted by molar-refractivity contribution is 7.88. The minimum atomic E-state index is -3.75. The Balaban J connectivity index is 2.72. The van der Waals surface area contributed by atoms with Crippen LogP contribution in [-0.2, 0) is 25.3 Å². The highest BCUT2D eigenvalue weighted by Crippen LogP contribution is 2.13. The second kappa shape index (κ2) is 7.14. The number of rotatable bonds is 7. The first-order chi connectivity index (χ1) is 9.75. The SMILES string of the molecule is CCOC(=O)C(C)NS(=O)(=O)Cc1ccc([N+](=O)[O-])cc1. The quantitative estimate of drug-likeness (QED) is 0.455. The highest BCUT2D eigenvalue weighted by Gasteiger charge is 2.21. The number of carbonyl (C=O) groups excluding carboxylic acids is 1. The van der Waals surface area contributed by atoms with Gasteiger partial charge in [0.1, 0.15) is 6.04 Å². The van der Waals surface area contributed by atoms with E-state index in [-0.39, 0.29) is 18.0 Å². The van der Waals surface area contributed by atoms with Gasteiger partial charge in [-0.05, 0) is 19.4 Å². The monoisotopic (exact) mass is 316 g/mol. The van der Waals surface area contributed by atoms with Gasteiger partial charge < -0.3 is 4.74 Å². The van der Waals surface area contributed by atoms with Crippen LogP contribution in [0.4, 0.5) is 5.69 Å². The Kier molecular flexibility index (Phi) is 5.79. The maximum absolute atomic E-state index is 11.9. The fraction of sp³-hybridized carbons (Fsp3) is 0.417. The van der Waals surface area contributed by atoms with E-state index in [1.165, 1.54) is 31.2 Å². The minimum Gasteiger partial charge on any atom is -0.465 e. The molecule has 0 fully saturated rings. The van der Waals surface area contributed by atoms with E-state index in [9.17, 15) is 23.3 Å². The van der Waals surface area contributed by atoms with E-state index < -0.39 is 27.0 Å². The number of carbonyl (C=O) groups is 1. The molecule has 116 valence electrons. The summed E-state index contributed by atoms with van der Waals surface area (Å²) >= 11 is 0. The van der Waals surface area contributed by atoms with E-state index in [2.05, 4.69) is 4.72 Å². The number of hydrogen-bond acceptors (Lipinski definition) is 6. The van der Waals surface area contributed by atoms with Gasteiger partial charge in [-0.3, -0.25) is 14.9 Å². The van der Waals surface area contributed by atoms with Gasteiger partial charge in [0.15, 0.2) is 0 Å². The summed E-state index contributed by atoms with van der Waals surface area (Å²) in [5.41, 5.74) is 0.258. The van der Waals surface area contributed by atoms with E-state index in [4.69, 9.17) is 4.74 Å². The van der Waals surface area contributed by atoms with E-state index >= 15 is 0 Å². The molecule has 0 saturated heterocycles. The van der Waals surface area contributed by atoms with Crippen molar-refractivity contribution in [1.82, 2.24) is 4.72 Å². The van der Waals surface area contributed by atoms with Crippen molar-refractivity contribution in [3.05, 3.63) is 39.9 Å². The lowest BCUT2D eigenvalue weighted by atomic mass is 10.2. The molecular formula is C12H16N2O6S. The zero-order valence-electron chi connectivity index (χ0n) is 11.6. The molecule has 0 radical (unpaired) electrons. The number of benzene rings is 1. The van der Waals surface area contributed by atoms with Crippen LogP contribution in [0.2, 0.25) is 0 Å². The van der Waals surface area contributed by atoms with Gasteiger partial charge in [-0.25, -0.2) is 13.1 Å². The first-order valence-electron chi connectivity index (χ1n) is 6.15. The Labute approximate surface area is 122 Å². The van der Waals surface area contributed by atoms with Gasteiger partial charge in [-0.1, -0.05) is 12.1 Å². The van der Waals surface area contributed by atoms with Crippen LogP contribution in [0.5, 0.6) is 0 Å². The predicted molar refractivity (Wildman–Crippen MR) is 75.0 cm³/mol. The van der Waals surface area contributed by atoms with Crippen LogP contribution in [0, 0.1) is 10.1 Å². The maximum Gasteiger partial charge on any atom is 0.323 e. The molecule has 0 aliphatic rings. The molecule has 0 bridgehead atoms. The molecule has 0 spiro atoms. The van der Waals surface area contributed by atoms with Crippen molar-refractivity contribution in [3.8, 4) is 0 Å². The molecule has 0 aromatic heterocycles. The van der Waals surface area contributed by atoms with Crippen molar-refractivity contribution in [3.63, 3.8) is 0 Å². The summed E-state index contributed by atoms with van der Waals surface area (Å²) in [6, 6.07) is 4.16. The van der Waals surface area contributed by atoms with Crippen molar-refractivity contribution < 1.29 is 22.9 Å². The normalized spacial score (nSPS) is 12.7. The van der Waals surface area contributed by atoms with Crippen LogP contribution in [-0.4, -0.2) is 32.0 Å². The number of non-ortho nitro benzene ring substituents is 1.